The van der Waals surface area contributed by atoms with Gasteiger partial charge in [-0.05, 0) is 36.8 Å². The van der Waals surface area contributed by atoms with Crippen molar-refractivity contribution in [1.82, 2.24) is 0 Å². The number of anilines is 1. The minimum absolute atomic E-state index is 0.113. The molecule has 0 aromatic heterocycles. The molecule has 0 aliphatic rings. The summed E-state index contributed by atoms with van der Waals surface area (Å²) in [7, 11) is 1.32. The Morgan fingerprint density at radius 2 is 2.00 bits per heavy atom. The van der Waals surface area contributed by atoms with Gasteiger partial charge in [0.05, 0.1) is 23.8 Å². The molecule has 0 heterocycles. The molecular weight excluding hydrogens is 388 g/mol. The minimum atomic E-state index is -1.10. The summed E-state index contributed by atoms with van der Waals surface area (Å²) in [5.41, 5.74) is 0.744. The minimum Gasteiger partial charge on any atom is -0.494 e. The summed E-state index contributed by atoms with van der Waals surface area (Å²) in [5.74, 6) is -1.21. The first kappa shape index (κ1) is 20.9. The van der Waals surface area contributed by atoms with Crippen molar-refractivity contribution in [2.75, 3.05) is 12.4 Å². The van der Waals surface area contributed by atoms with Gasteiger partial charge in [-0.1, -0.05) is 23.7 Å². The maximum Gasteiger partial charge on any atom is 0.331 e. The number of benzene rings is 2. The van der Waals surface area contributed by atoms with Crippen molar-refractivity contribution in [2.24, 2.45) is 0 Å². The number of carbonyl (C=O) groups is 2. The van der Waals surface area contributed by atoms with Crippen LogP contribution in [0.4, 0.5) is 11.4 Å². The third-order valence-corrected chi connectivity index (χ3v) is 3.81. The number of amides is 1. The number of halogens is 1. The van der Waals surface area contributed by atoms with Gasteiger partial charge in [-0.3, -0.25) is 14.9 Å². The highest BCUT2D eigenvalue weighted by atomic mass is 35.5. The molecule has 0 fully saturated rings. The number of nitrogens with zero attached hydrogens (tertiary/aromatic N) is 1. The lowest BCUT2D eigenvalue weighted by molar-refractivity contribution is -0.384. The quantitative estimate of drug-likeness (QED) is 0.325. The van der Waals surface area contributed by atoms with Crippen LogP contribution in [0.1, 0.15) is 12.5 Å². The normalized spacial score (nSPS) is 11.7. The van der Waals surface area contributed by atoms with Gasteiger partial charge in [-0.15, -0.1) is 0 Å². The fraction of sp³-hybridized carbons (Fsp3) is 0.158. The third-order valence-electron chi connectivity index (χ3n) is 3.58. The molecule has 8 nitrogen and oxygen atoms in total. The van der Waals surface area contributed by atoms with E-state index in [1.165, 1.54) is 44.4 Å². The lowest BCUT2D eigenvalue weighted by atomic mass is 10.2. The Kier molecular flexibility index (Phi) is 7.11. The van der Waals surface area contributed by atoms with E-state index in [4.69, 9.17) is 21.1 Å². The number of non-ortho nitro benzene ring substituents is 1. The molecule has 0 spiro atoms. The standard InChI is InChI=1S/C19H17ClN2O6/c1-12(28-18(23)9-6-13-4-3-5-14(20)10-13)19(24)21-16-8-7-15(22(25)26)11-17(16)27-2/h3-12H,1-2H3,(H,21,24)/b9-6+/t12-/m1/s1. The Morgan fingerprint density at radius 3 is 2.64 bits per heavy atom. The number of nitro groups is 1. The Hall–Kier alpha value is -3.39. The highest BCUT2D eigenvalue weighted by molar-refractivity contribution is 6.30. The summed E-state index contributed by atoms with van der Waals surface area (Å²) >= 11 is 5.86. The molecule has 0 aliphatic carbocycles. The van der Waals surface area contributed by atoms with Gasteiger partial charge < -0.3 is 14.8 Å². The van der Waals surface area contributed by atoms with Crippen LogP contribution < -0.4 is 10.1 Å². The number of hydrogen-bond acceptors (Lipinski definition) is 6. The summed E-state index contributed by atoms with van der Waals surface area (Å²) in [6.45, 7) is 1.40. The Bertz CT molecular complexity index is 928. The van der Waals surface area contributed by atoms with Gasteiger partial charge in [0.25, 0.3) is 11.6 Å². The predicted molar refractivity (Wildman–Crippen MR) is 104 cm³/mol. The zero-order chi connectivity index (χ0) is 20.7. The van der Waals surface area contributed by atoms with Crippen LogP contribution in [-0.4, -0.2) is 30.0 Å². The zero-order valence-electron chi connectivity index (χ0n) is 15.0. The number of rotatable bonds is 7. The van der Waals surface area contributed by atoms with Crippen molar-refractivity contribution < 1.29 is 24.0 Å². The Balaban J connectivity index is 1.99. The molecular formula is C19H17ClN2O6. The highest BCUT2D eigenvalue weighted by Crippen LogP contribution is 2.29. The van der Waals surface area contributed by atoms with Crippen LogP contribution in [0.25, 0.3) is 6.08 Å². The zero-order valence-corrected chi connectivity index (χ0v) is 15.8. The van der Waals surface area contributed by atoms with Gasteiger partial charge in [-0.25, -0.2) is 4.79 Å². The Labute approximate surface area is 165 Å². The second kappa shape index (κ2) is 9.52. The van der Waals surface area contributed by atoms with E-state index in [1.54, 1.807) is 24.3 Å². The predicted octanol–water partition coefficient (Wildman–Crippen LogP) is 3.84. The van der Waals surface area contributed by atoms with Crippen molar-refractivity contribution in [3.05, 3.63) is 69.2 Å². The number of methoxy groups -OCH3 is 1. The summed E-state index contributed by atoms with van der Waals surface area (Å²) in [4.78, 5) is 34.4. The molecule has 0 saturated heterocycles. The monoisotopic (exact) mass is 404 g/mol. The van der Waals surface area contributed by atoms with Crippen LogP contribution in [0.2, 0.25) is 5.02 Å². The molecule has 0 bridgehead atoms. The van der Waals surface area contributed by atoms with Crippen molar-refractivity contribution in [1.29, 1.82) is 0 Å². The first-order valence-corrected chi connectivity index (χ1v) is 8.45. The number of nitrogens with one attached hydrogen (secondary N) is 1. The average Bonchev–Trinajstić information content (AvgIpc) is 2.66. The largest absolute Gasteiger partial charge is 0.494 e. The second-order valence-corrected chi connectivity index (χ2v) is 6.03. The summed E-state index contributed by atoms with van der Waals surface area (Å²) in [6, 6.07) is 10.6. The number of carbonyl (C=O) groups excluding carboxylic acids is 2. The molecule has 1 amide bonds. The highest BCUT2D eigenvalue weighted by Gasteiger charge is 2.19. The summed E-state index contributed by atoms with van der Waals surface area (Å²) in [6.07, 6.45) is 1.59. The van der Waals surface area contributed by atoms with E-state index in [2.05, 4.69) is 5.32 Å². The maximum atomic E-state index is 12.2. The molecule has 2 aromatic rings. The van der Waals surface area contributed by atoms with E-state index in [0.29, 0.717) is 10.6 Å². The van der Waals surface area contributed by atoms with Gasteiger partial charge in [0, 0.05) is 17.2 Å². The van der Waals surface area contributed by atoms with Crippen LogP contribution in [0.3, 0.4) is 0 Å². The SMILES string of the molecule is COc1cc([N+](=O)[O-])ccc1NC(=O)[C@@H](C)OC(=O)/C=C/c1cccc(Cl)c1. The van der Waals surface area contributed by atoms with Gasteiger partial charge >= 0.3 is 5.97 Å². The Morgan fingerprint density at radius 1 is 1.25 bits per heavy atom. The van der Waals surface area contributed by atoms with Crippen LogP contribution in [0.5, 0.6) is 5.75 Å². The fourth-order valence-corrected chi connectivity index (χ4v) is 2.37. The van der Waals surface area contributed by atoms with Crippen LogP contribution >= 0.6 is 11.6 Å². The van der Waals surface area contributed by atoms with E-state index in [1.807, 2.05) is 0 Å². The maximum absolute atomic E-state index is 12.2. The van der Waals surface area contributed by atoms with Crippen molar-refractivity contribution in [3.63, 3.8) is 0 Å². The van der Waals surface area contributed by atoms with Crippen LogP contribution in [0, 0.1) is 10.1 Å². The van der Waals surface area contributed by atoms with E-state index in [-0.39, 0.29) is 17.1 Å². The smallest absolute Gasteiger partial charge is 0.331 e. The van der Waals surface area contributed by atoms with E-state index >= 15 is 0 Å². The lowest BCUT2D eigenvalue weighted by Gasteiger charge is -2.14. The first-order valence-electron chi connectivity index (χ1n) is 8.07. The van der Waals surface area contributed by atoms with E-state index in [0.717, 1.165) is 0 Å². The molecule has 1 N–H and O–H groups in total. The molecule has 9 heteroatoms. The molecule has 1 atom stereocenters. The molecule has 0 saturated carbocycles. The summed E-state index contributed by atoms with van der Waals surface area (Å²) < 4.78 is 10.1. The number of hydrogen-bond donors (Lipinski definition) is 1. The van der Waals surface area contributed by atoms with Crippen molar-refractivity contribution in [3.8, 4) is 5.75 Å². The van der Waals surface area contributed by atoms with E-state index < -0.39 is 22.9 Å². The van der Waals surface area contributed by atoms with Gasteiger partial charge in [-0.2, -0.15) is 0 Å². The van der Waals surface area contributed by atoms with Crippen molar-refractivity contribution in [2.45, 2.75) is 13.0 Å². The van der Waals surface area contributed by atoms with Crippen LogP contribution in [0.15, 0.2) is 48.5 Å². The molecule has 0 unspecified atom stereocenters. The third kappa shape index (κ3) is 5.82. The molecule has 146 valence electrons. The molecule has 0 radical (unpaired) electrons. The van der Waals surface area contributed by atoms with Gasteiger partial charge in [0.2, 0.25) is 0 Å². The fourth-order valence-electron chi connectivity index (χ4n) is 2.17. The first-order chi connectivity index (χ1) is 13.3. The lowest BCUT2D eigenvalue weighted by Crippen LogP contribution is -2.29. The van der Waals surface area contributed by atoms with Crippen molar-refractivity contribution >= 4 is 40.9 Å². The number of esters is 1. The average molecular weight is 405 g/mol. The summed E-state index contributed by atoms with van der Waals surface area (Å²) in [5, 5.41) is 13.8. The van der Waals surface area contributed by atoms with E-state index in [9.17, 15) is 19.7 Å². The topological polar surface area (TPSA) is 108 Å². The molecule has 2 aromatic carbocycles. The molecule has 2 rings (SSSR count). The number of ether oxygens (including phenoxy) is 2. The van der Waals surface area contributed by atoms with Crippen LogP contribution in [-0.2, 0) is 14.3 Å². The molecule has 28 heavy (non-hydrogen) atoms. The number of nitro benzene ring substituents is 1. The van der Waals surface area contributed by atoms with Gasteiger partial charge in [0.1, 0.15) is 5.75 Å². The molecule has 0 aliphatic heterocycles. The second-order valence-electron chi connectivity index (χ2n) is 5.60. The van der Waals surface area contributed by atoms with Gasteiger partial charge in [0.15, 0.2) is 6.10 Å².